The SMILES string of the molecule is CC/C=C\C/C=C\C/C=C\C/C=C\C/C=C\C/C=C\CCC(=O)NCCCC[C@H](NC(=O)CCC/C=C\C/C=C\C/C=C\C/C=C\C/C=C\CC)C(=O)Cc1nc2c(s1)C[C@H](CCCC)CC2. The highest BCUT2D eigenvalue weighted by Gasteiger charge is 2.25. The predicted octanol–water partition coefficient (Wildman–Crippen LogP) is 15.7. The maximum Gasteiger partial charge on any atom is 0.220 e. The highest BCUT2D eigenvalue weighted by Crippen LogP contribution is 2.33. The summed E-state index contributed by atoms with van der Waals surface area (Å²) in [6.07, 6.45) is 71.2. The van der Waals surface area contributed by atoms with Crippen LogP contribution in [0.1, 0.15) is 184 Å². The van der Waals surface area contributed by atoms with E-state index in [1.165, 1.54) is 36.3 Å². The smallest absolute Gasteiger partial charge is 0.220 e. The van der Waals surface area contributed by atoms with Gasteiger partial charge in [0.1, 0.15) is 5.01 Å². The number of carbonyl (C=O) groups is 3. The Kier molecular flexibility index (Phi) is 37.3. The molecule has 2 N–H and O–H groups in total. The van der Waals surface area contributed by atoms with Crippen molar-refractivity contribution in [1.29, 1.82) is 0 Å². The monoisotopic (exact) mass is 932 g/mol. The zero-order chi connectivity index (χ0) is 48.1. The van der Waals surface area contributed by atoms with Gasteiger partial charge in [-0.25, -0.2) is 4.98 Å². The van der Waals surface area contributed by atoms with E-state index in [1.807, 2.05) is 0 Å². The van der Waals surface area contributed by atoms with Crippen LogP contribution in [-0.2, 0) is 33.6 Å². The summed E-state index contributed by atoms with van der Waals surface area (Å²) in [5.41, 5.74) is 1.17. The van der Waals surface area contributed by atoms with Gasteiger partial charge in [0.25, 0.3) is 0 Å². The van der Waals surface area contributed by atoms with Gasteiger partial charge >= 0.3 is 0 Å². The molecule has 2 rings (SSSR count). The molecule has 6 nitrogen and oxygen atoms in total. The number of hydrogen-bond donors (Lipinski definition) is 2. The lowest BCUT2D eigenvalue weighted by molar-refractivity contribution is -0.127. The molecule has 0 fully saturated rings. The Labute approximate surface area is 412 Å². The van der Waals surface area contributed by atoms with Crippen molar-refractivity contribution >= 4 is 28.9 Å². The first kappa shape index (κ1) is 58.5. The van der Waals surface area contributed by atoms with E-state index in [2.05, 4.69) is 165 Å². The fraction of sp³-hybridized carbons (Fsp3) is 0.533. The summed E-state index contributed by atoms with van der Waals surface area (Å²) in [5, 5.41) is 7.01. The molecule has 1 aliphatic carbocycles. The summed E-state index contributed by atoms with van der Waals surface area (Å²) in [6.45, 7) is 7.11. The number of ketones is 1. The molecule has 0 bridgehead atoms. The first-order valence-electron chi connectivity index (χ1n) is 26.2. The second-order valence-electron chi connectivity index (χ2n) is 17.4. The van der Waals surface area contributed by atoms with Crippen molar-refractivity contribution < 1.29 is 14.4 Å². The number of aromatic nitrogens is 1. The average molecular weight is 932 g/mol. The van der Waals surface area contributed by atoms with E-state index >= 15 is 0 Å². The number of nitrogens with one attached hydrogen (secondary N) is 2. The van der Waals surface area contributed by atoms with Crippen LogP contribution in [0, 0.1) is 5.92 Å². The number of allylic oxidation sites excluding steroid dienone is 22. The second kappa shape index (κ2) is 42.7. The minimum atomic E-state index is -0.553. The van der Waals surface area contributed by atoms with E-state index in [4.69, 9.17) is 4.98 Å². The van der Waals surface area contributed by atoms with Crippen LogP contribution in [0.2, 0.25) is 0 Å². The Balaban J connectivity index is 1.71. The topological polar surface area (TPSA) is 88.2 Å². The molecule has 1 aromatic heterocycles. The molecule has 1 heterocycles. The van der Waals surface area contributed by atoms with Crippen molar-refractivity contribution in [2.45, 2.75) is 194 Å². The zero-order valence-corrected chi connectivity index (χ0v) is 42.8. The number of aryl methyl sites for hydroxylation is 1. The Morgan fingerprint density at radius 3 is 1.58 bits per heavy atom. The van der Waals surface area contributed by atoms with Crippen molar-refractivity contribution in [3.05, 3.63) is 149 Å². The number of carbonyl (C=O) groups excluding carboxylic acids is 3. The molecular formula is C60H89N3O3S. The van der Waals surface area contributed by atoms with E-state index in [0.29, 0.717) is 32.2 Å². The van der Waals surface area contributed by atoms with Crippen LogP contribution in [0.4, 0.5) is 0 Å². The Bertz CT molecular complexity index is 1800. The molecule has 0 saturated heterocycles. The molecule has 2 atom stereocenters. The predicted molar refractivity (Wildman–Crippen MR) is 290 cm³/mol. The summed E-state index contributed by atoms with van der Waals surface area (Å²) in [7, 11) is 0. The molecule has 7 heteroatoms. The van der Waals surface area contributed by atoms with Crippen LogP contribution in [-0.4, -0.2) is 35.2 Å². The number of hydrogen-bond acceptors (Lipinski definition) is 5. The quantitative estimate of drug-likeness (QED) is 0.0508. The Morgan fingerprint density at radius 1 is 0.582 bits per heavy atom. The minimum Gasteiger partial charge on any atom is -0.356 e. The lowest BCUT2D eigenvalue weighted by atomic mass is 9.87. The van der Waals surface area contributed by atoms with Gasteiger partial charge in [0.15, 0.2) is 5.78 Å². The first-order valence-corrected chi connectivity index (χ1v) is 27.0. The molecule has 0 saturated carbocycles. The van der Waals surface area contributed by atoms with E-state index < -0.39 is 6.04 Å². The van der Waals surface area contributed by atoms with E-state index in [0.717, 1.165) is 120 Å². The van der Waals surface area contributed by atoms with Gasteiger partial charge in [-0.15, -0.1) is 11.3 Å². The van der Waals surface area contributed by atoms with Gasteiger partial charge in [0.2, 0.25) is 11.8 Å². The molecule has 2 amide bonds. The van der Waals surface area contributed by atoms with Crippen LogP contribution in [0.3, 0.4) is 0 Å². The maximum atomic E-state index is 13.8. The summed E-state index contributed by atoms with van der Waals surface area (Å²) >= 11 is 1.70. The third kappa shape index (κ3) is 33.5. The summed E-state index contributed by atoms with van der Waals surface area (Å²) in [4.78, 5) is 45.7. The van der Waals surface area contributed by atoms with Gasteiger partial charge in [0.05, 0.1) is 18.2 Å². The summed E-state index contributed by atoms with van der Waals surface area (Å²) in [6, 6.07) is -0.553. The zero-order valence-electron chi connectivity index (χ0n) is 42.0. The van der Waals surface area contributed by atoms with Crippen LogP contribution in [0.5, 0.6) is 0 Å². The number of nitrogens with zero attached hydrogens (tertiary/aromatic N) is 1. The molecular weight excluding hydrogens is 843 g/mol. The molecule has 1 aromatic rings. The standard InChI is InChI=1S/C60H89N3O3S/c1-4-7-10-12-14-16-18-20-22-24-25-27-28-30-32-34-36-38-40-46-58(65)61-50-43-42-45-54(56(64)52-60-63-55-49-48-53(44-9-6-3)51-57(55)67-60)62-59(66)47-41-39-37-35-33-31-29-26-23-21-19-17-15-13-11-8-5-2/h7-8,10-11,14-17,20-23,25,27,29-32,35-38,53-54H,4-6,9,12-13,18-19,24,26,28,33-34,39-52H2,1-3H3,(H,61,65)(H,62,66)/b10-7-,11-8-,16-14-,17-15-,22-20-,23-21-,27-25-,31-29-,32-30-,37-35-,38-36-/t53-,54+/m1/s1. The molecule has 1 aliphatic rings. The van der Waals surface area contributed by atoms with Crippen LogP contribution in [0.25, 0.3) is 0 Å². The van der Waals surface area contributed by atoms with Crippen molar-refractivity contribution in [2.24, 2.45) is 5.92 Å². The highest BCUT2D eigenvalue weighted by molar-refractivity contribution is 7.11. The number of amides is 2. The third-order valence-electron chi connectivity index (χ3n) is 11.4. The van der Waals surface area contributed by atoms with E-state index in [9.17, 15) is 14.4 Å². The largest absolute Gasteiger partial charge is 0.356 e. The van der Waals surface area contributed by atoms with E-state index in [1.54, 1.807) is 11.3 Å². The van der Waals surface area contributed by atoms with Crippen molar-refractivity contribution in [2.75, 3.05) is 6.54 Å². The summed E-state index contributed by atoms with van der Waals surface area (Å²) in [5.74, 6) is 0.707. The van der Waals surface area contributed by atoms with Crippen molar-refractivity contribution in [3.8, 4) is 0 Å². The molecule has 0 aromatic carbocycles. The number of fused-ring (bicyclic) bond motifs is 1. The van der Waals surface area contributed by atoms with Crippen molar-refractivity contribution in [1.82, 2.24) is 15.6 Å². The lowest BCUT2D eigenvalue weighted by Crippen LogP contribution is -2.41. The van der Waals surface area contributed by atoms with E-state index in [-0.39, 0.29) is 24.0 Å². The highest BCUT2D eigenvalue weighted by atomic mass is 32.1. The normalized spacial score (nSPS) is 15.4. The number of thiazole rings is 1. The number of unbranched alkanes of at least 4 members (excludes halogenated alkanes) is 3. The van der Waals surface area contributed by atoms with Gasteiger partial charge in [-0.05, 0) is 134 Å². The molecule has 0 radical (unpaired) electrons. The fourth-order valence-corrected chi connectivity index (χ4v) is 8.80. The average Bonchev–Trinajstić information content (AvgIpc) is 3.73. The molecule has 67 heavy (non-hydrogen) atoms. The third-order valence-corrected chi connectivity index (χ3v) is 12.5. The minimum absolute atomic E-state index is 0.0280. The molecule has 0 unspecified atom stereocenters. The Hall–Kier alpha value is -4.62. The van der Waals surface area contributed by atoms with Gasteiger partial charge in [-0.2, -0.15) is 0 Å². The lowest BCUT2D eigenvalue weighted by Gasteiger charge is -2.20. The fourth-order valence-electron chi connectivity index (χ4n) is 7.56. The maximum absolute atomic E-state index is 13.8. The van der Waals surface area contributed by atoms with Crippen LogP contribution in [0.15, 0.2) is 134 Å². The number of rotatable bonds is 39. The van der Waals surface area contributed by atoms with Crippen molar-refractivity contribution in [3.63, 3.8) is 0 Å². The van der Waals surface area contributed by atoms with Gasteiger partial charge < -0.3 is 10.6 Å². The van der Waals surface area contributed by atoms with Crippen LogP contribution < -0.4 is 10.6 Å². The van der Waals surface area contributed by atoms with Crippen LogP contribution >= 0.6 is 11.3 Å². The molecule has 368 valence electrons. The van der Waals surface area contributed by atoms with Gasteiger partial charge in [0, 0.05) is 24.3 Å². The second-order valence-corrected chi connectivity index (χ2v) is 18.6. The summed E-state index contributed by atoms with van der Waals surface area (Å²) < 4.78 is 0. The molecule has 0 aliphatic heterocycles. The Morgan fingerprint density at radius 2 is 1.07 bits per heavy atom. The van der Waals surface area contributed by atoms with Gasteiger partial charge in [-0.1, -0.05) is 174 Å². The molecule has 0 spiro atoms. The van der Waals surface area contributed by atoms with Gasteiger partial charge in [-0.3, -0.25) is 14.4 Å². The number of Topliss-reactive ketones (excluding diaryl/α,β-unsaturated/α-hetero) is 1. The first-order chi connectivity index (χ1) is 33.0.